The molecule has 0 rings (SSSR count). The van der Waals surface area contributed by atoms with Crippen molar-refractivity contribution in [1.29, 1.82) is 0 Å². The second-order valence-electron chi connectivity index (χ2n) is 1.77. The van der Waals surface area contributed by atoms with Crippen LogP contribution in [0.2, 0.25) is 0 Å². The number of hydrogen-bond donors (Lipinski definition) is 1. The standard InChI is InChI=1S/C3H6O.C2H2F2.C2H4O2/c1-3(2)4;2*1-2(3)4/h1-2H3;1H2;1H3,(H,3,4). The molecule has 0 unspecified atom stereocenters. The van der Waals surface area contributed by atoms with Crippen LogP contribution >= 0.6 is 0 Å². The number of rotatable bonds is 0. The van der Waals surface area contributed by atoms with Crippen molar-refractivity contribution in [2.75, 3.05) is 0 Å². The summed E-state index contributed by atoms with van der Waals surface area (Å²) in [5.41, 5.74) is 0. The van der Waals surface area contributed by atoms with Crippen LogP contribution in [-0.4, -0.2) is 16.9 Å². The maximum absolute atomic E-state index is 10.1. The summed E-state index contributed by atoms with van der Waals surface area (Å²) in [5, 5.41) is 7.42. The molecule has 0 aromatic heterocycles. The summed E-state index contributed by atoms with van der Waals surface area (Å²) >= 11 is 0. The highest BCUT2D eigenvalue weighted by Gasteiger charge is 1.66. The van der Waals surface area contributed by atoms with E-state index in [0.29, 0.717) is 0 Å². The van der Waals surface area contributed by atoms with Crippen molar-refractivity contribution >= 4 is 11.8 Å². The largest absolute Gasteiger partial charge is 0.481 e. The summed E-state index contributed by atoms with van der Waals surface area (Å²) in [4.78, 5) is 18.4. The van der Waals surface area contributed by atoms with Crippen molar-refractivity contribution in [3.05, 3.63) is 12.7 Å². The minimum Gasteiger partial charge on any atom is -0.481 e. The third kappa shape index (κ3) is 330. The third-order valence-electron chi connectivity index (χ3n) is 0. The van der Waals surface area contributed by atoms with Gasteiger partial charge in [-0.1, -0.05) is 0 Å². The van der Waals surface area contributed by atoms with Gasteiger partial charge in [-0.15, -0.1) is 0 Å². The number of ketones is 1. The Labute approximate surface area is 69.7 Å². The van der Waals surface area contributed by atoms with Gasteiger partial charge in [0.1, 0.15) is 5.78 Å². The molecule has 0 aliphatic heterocycles. The van der Waals surface area contributed by atoms with Gasteiger partial charge in [-0.05, 0) is 20.4 Å². The zero-order valence-electron chi connectivity index (χ0n) is 7.23. The van der Waals surface area contributed by atoms with Gasteiger partial charge in [0.15, 0.2) is 0 Å². The Morgan fingerprint density at radius 1 is 1.17 bits per heavy atom. The van der Waals surface area contributed by atoms with Crippen molar-refractivity contribution in [2.45, 2.75) is 20.8 Å². The number of aliphatic carboxylic acids is 1. The number of carbonyl (C=O) groups excluding carboxylic acids is 1. The lowest BCUT2D eigenvalue weighted by molar-refractivity contribution is -0.134. The van der Waals surface area contributed by atoms with Gasteiger partial charge in [-0.2, -0.15) is 8.78 Å². The smallest absolute Gasteiger partial charge is 0.300 e. The van der Waals surface area contributed by atoms with Crippen molar-refractivity contribution in [1.82, 2.24) is 0 Å². The van der Waals surface area contributed by atoms with E-state index < -0.39 is 12.0 Å². The van der Waals surface area contributed by atoms with E-state index in [1.165, 1.54) is 13.8 Å². The van der Waals surface area contributed by atoms with Crippen molar-refractivity contribution in [2.24, 2.45) is 0 Å². The van der Waals surface area contributed by atoms with Crippen LogP contribution in [0.15, 0.2) is 12.7 Å². The van der Waals surface area contributed by atoms with Gasteiger partial charge in [0.2, 0.25) is 0 Å². The molecule has 0 radical (unpaired) electrons. The molecule has 0 bridgehead atoms. The molecule has 0 atom stereocenters. The molecule has 5 heteroatoms. The van der Waals surface area contributed by atoms with Crippen LogP contribution in [0.4, 0.5) is 8.78 Å². The number of carboxylic acid groups (broad SMARTS) is 1. The van der Waals surface area contributed by atoms with Crippen molar-refractivity contribution in [3.63, 3.8) is 0 Å². The van der Waals surface area contributed by atoms with Gasteiger partial charge >= 0.3 is 0 Å². The second-order valence-corrected chi connectivity index (χ2v) is 1.77. The lowest BCUT2D eigenvalue weighted by atomic mass is 10.6. The third-order valence-corrected chi connectivity index (χ3v) is 0. The van der Waals surface area contributed by atoms with Gasteiger partial charge in [-0.3, -0.25) is 4.79 Å². The SMILES string of the molecule is C=C(F)F.CC(=O)O.CC(C)=O. The number of Topliss-reactive ketones (excluding diaryl/α,β-unsaturated/α-hetero) is 1. The highest BCUT2D eigenvalue weighted by atomic mass is 19.3. The first kappa shape index (κ1) is 17.0. The normalized spacial score (nSPS) is 6.42. The fourth-order valence-corrected chi connectivity index (χ4v) is 0. The maximum atomic E-state index is 10.1. The molecule has 1 N–H and O–H groups in total. The molecule has 0 aromatic carbocycles. The van der Waals surface area contributed by atoms with E-state index in [0.717, 1.165) is 6.92 Å². The fraction of sp³-hybridized carbons (Fsp3) is 0.429. The van der Waals surface area contributed by atoms with Crippen LogP contribution in [-0.2, 0) is 9.59 Å². The zero-order valence-corrected chi connectivity index (χ0v) is 7.23. The molecule has 0 fully saturated rings. The molecular weight excluding hydrogens is 170 g/mol. The molecule has 0 heterocycles. The molecule has 0 aliphatic carbocycles. The molecule has 0 saturated heterocycles. The summed E-state index contributed by atoms with van der Waals surface area (Å²) in [6, 6.07) is 0. The van der Waals surface area contributed by atoms with Gasteiger partial charge < -0.3 is 9.90 Å². The van der Waals surface area contributed by atoms with Crippen LogP contribution in [0.5, 0.6) is 0 Å². The Kier molecular flexibility index (Phi) is 17.6. The number of halogens is 2. The number of hydrogen-bond acceptors (Lipinski definition) is 2. The van der Waals surface area contributed by atoms with Gasteiger partial charge in [0.05, 0.1) is 0 Å². The van der Waals surface area contributed by atoms with Gasteiger partial charge in [0, 0.05) is 6.92 Å². The Hall–Kier alpha value is -1.26. The first-order chi connectivity index (χ1) is 5.20. The lowest BCUT2D eigenvalue weighted by Crippen LogP contribution is -1.78. The molecule has 0 aliphatic rings. The number of carbonyl (C=O) groups is 2. The average molecular weight is 182 g/mol. The van der Waals surface area contributed by atoms with Crippen LogP contribution in [0.1, 0.15) is 20.8 Å². The highest BCUT2D eigenvalue weighted by Crippen LogP contribution is 1.85. The minimum atomic E-state index is -1.83. The predicted octanol–water partition coefficient (Wildman–Crippen LogP) is 2.08. The predicted molar refractivity (Wildman–Crippen MR) is 41.0 cm³/mol. The molecule has 0 saturated carbocycles. The average Bonchev–Trinajstić information content (AvgIpc) is 1.54. The van der Waals surface area contributed by atoms with Crippen molar-refractivity contribution in [3.8, 4) is 0 Å². The number of carboxylic acids is 1. The quantitative estimate of drug-likeness (QED) is 0.624. The Morgan fingerprint density at radius 2 is 1.17 bits per heavy atom. The topological polar surface area (TPSA) is 54.4 Å². The Balaban J connectivity index is -0.000000101. The fourth-order valence-electron chi connectivity index (χ4n) is 0. The monoisotopic (exact) mass is 182 g/mol. The highest BCUT2D eigenvalue weighted by molar-refractivity contribution is 5.72. The minimum absolute atomic E-state index is 0.167. The summed E-state index contributed by atoms with van der Waals surface area (Å²) in [5.74, 6) is -0.667. The summed E-state index contributed by atoms with van der Waals surface area (Å²) in [6.45, 7) is 6.36. The summed E-state index contributed by atoms with van der Waals surface area (Å²) in [6.07, 6.45) is -1.83. The lowest BCUT2D eigenvalue weighted by Gasteiger charge is -1.59. The van der Waals surface area contributed by atoms with Crippen LogP contribution in [0, 0.1) is 0 Å². The molecule has 0 spiro atoms. The van der Waals surface area contributed by atoms with E-state index in [2.05, 4.69) is 6.58 Å². The first-order valence-electron chi connectivity index (χ1n) is 2.86. The Bertz CT molecular complexity index is 114. The van der Waals surface area contributed by atoms with Gasteiger partial charge in [0.25, 0.3) is 12.0 Å². The Morgan fingerprint density at radius 3 is 1.17 bits per heavy atom. The molecule has 72 valence electrons. The van der Waals surface area contributed by atoms with Crippen LogP contribution in [0.25, 0.3) is 0 Å². The van der Waals surface area contributed by atoms with E-state index in [4.69, 9.17) is 9.90 Å². The second kappa shape index (κ2) is 12.4. The molecule has 0 amide bonds. The zero-order chi connectivity index (χ0) is 10.7. The van der Waals surface area contributed by atoms with Crippen molar-refractivity contribution < 1.29 is 23.5 Å². The molecular formula is C7H12F2O3. The van der Waals surface area contributed by atoms with E-state index in [1.54, 1.807) is 0 Å². The first-order valence-corrected chi connectivity index (χ1v) is 2.86. The summed E-state index contributed by atoms with van der Waals surface area (Å²) in [7, 11) is 0. The molecule has 12 heavy (non-hydrogen) atoms. The van der Waals surface area contributed by atoms with E-state index >= 15 is 0 Å². The molecule has 0 aromatic rings. The van der Waals surface area contributed by atoms with E-state index in [1.807, 2.05) is 0 Å². The van der Waals surface area contributed by atoms with E-state index in [-0.39, 0.29) is 5.78 Å². The van der Waals surface area contributed by atoms with Gasteiger partial charge in [-0.25, -0.2) is 0 Å². The maximum Gasteiger partial charge on any atom is 0.300 e. The summed E-state index contributed by atoms with van der Waals surface area (Å²) < 4.78 is 20.3. The van der Waals surface area contributed by atoms with E-state index in [9.17, 15) is 13.6 Å². The van der Waals surface area contributed by atoms with Crippen LogP contribution in [0.3, 0.4) is 0 Å². The molecule has 3 nitrogen and oxygen atoms in total. The van der Waals surface area contributed by atoms with Crippen LogP contribution < -0.4 is 0 Å².